The molecule has 0 radical (unpaired) electrons. The molecule has 1 aliphatic rings. The Morgan fingerprint density at radius 1 is 1.26 bits per heavy atom. The first-order valence-corrected chi connectivity index (χ1v) is 12.2. The number of ether oxygens (including phenoxy) is 1. The van der Waals surface area contributed by atoms with E-state index in [-0.39, 0.29) is 18.7 Å². The smallest absolute Gasteiger partial charge is 0.329 e. The van der Waals surface area contributed by atoms with Gasteiger partial charge < -0.3 is 15.0 Å². The molecule has 34 heavy (non-hydrogen) atoms. The Morgan fingerprint density at radius 3 is 2.59 bits per heavy atom. The van der Waals surface area contributed by atoms with E-state index in [1.165, 1.54) is 22.4 Å². The van der Waals surface area contributed by atoms with Crippen LogP contribution in [0.15, 0.2) is 36.2 Å². The molecule has 1 aliphatic heterocycles. The average molecular weight is 547 g/mol. The number of nitrogens with one attached hydrogen (secondary N) is 1. The van der Waals surface area contributed by atoms with Crippen LogP contribution in [0, 0.1) is 0 Å². The summed E-state index contributed by atoms with van der Waals surface area (Å²) in [7, 11) is 0. The minimum absolute atomic E-state index is 0.0855. The van der Waals surface area contributed by atoms with Crippen LogP contribution in [0.3, 0.4) is 0 Å². The van der Waals surface area contributed by atoms with Gasteiger partial charge in [0.15, 0.2) is 11.6 Å². The highest BCUT2D eigenvalue weighted by Gasteiger charge is 2.22. The molecule has 0 atom stereocenters. The van der Waals surface area contributed by atoms with Gasteiger partial charge >= 0.3 is 12.1 Å². The van der Waals surface area contributed by atoms with E-state index in [2.05, 4.69) is 19.9 Å². The maximum Gasteiger partial charge on any atom is 0.329 e. The summed E-state index contributed by atoms with van der Waals surface area (Å²) in [5, 5.41) is 9.34. The van der Waals surface area contributed by atoms with Gasteiger partial charge in [0.25, 0.3) is 0 Å². The molecule has 0 aliphatic carbocycles. The largest absolute Gasteiger partial charge is 0.489 e. The van der Waals surface area contributed by atoms with Gasteiger partial charge in [0.2, 0.25) is 0 Å². The standard InChI is InChI=1S/C15H16Cl3N3O2.C5H6N4OS/c1-2-4-20(15(22)21-5-3-19-10-21)6-7-23-14-12(17)8-11(16)9-13(14)18;10-5-6-1-2-9(5)4-3-11-8-7-4/h3,5,8-10H,2,4,6-7H2,1H3;3H,1-2H2,(H,6,10). The summed E-state index contributed by atoms with van der Waals surface area (Å²) in [6, 6.07) is 2.88. The summed E-state index contributed by atoms with van der Waals surface area (Å²) in [6.45, 7) is 4.66. The highest BCUT2D eigenvalue weighted by atomic mass is 35.5. The number of imidazole rings is 1. The van der Waals surface area contributed by atoms with Crippen LogP contribution >= 0.6 is 46.3 Å². The van der Waals surface area contributed by atoms with Crippen LogP contribution in [0.2, 0.25) is 15.1 Å². The first-order chi connectivity index (χ1) is 16.4. The van der Waals surface area contributed by atoms with Gasteiger partial charge in [-0.2, -0.15) is 0 Å². The van der Waals surface area contributed by atoms with E-state index in [9.17, 15) is 9.59 Å². The molecule has 3 heterocycles. The number of hydrogen-bond acceptors (Lipinski definition) is 7. The van der Waals surface area contributed by atoms with Crippen molar-refractivity contribution in [2.75, 3.05) is 37.7 Å². The Labute approximate surface area is 215 Å². The second kappa shape index (κ2) is 12.7. The summed E-state index contributed by atoms with van der Waals surface area (Å²) in [4.78, 5) is 30.5. The number of nitrogens with zero attached hydrogens (tertiary/aromatic N) is 6. The second-order valence-electron chi connectivity index (χ2n) is 6.93. The second-order valence-corrected chi connectivity index (χ2v) is 8.79. The molecule has 1 fully saturated rings. The molecule has 3 aromatic rings. The van der Waals surface area contributed by atoms with E-state index >= 15 is 0 Å². The Balaban J connectivity index is 0.000000243. The van der Waals surface area contributed by atoms with E-state index in [0.29, 0.717) is 52.8 Å². The number of benzene rings is 1. The zero-order valence-corrected chi connectivity index (χ0v) is 21.2. The number of aromatic nitrogens is 4. The fourth-order valence-corrected chi connectivity index (χ4v) is 4.37. The van der Waals surface area contributed by atoms with Gasteiger partial charge in [-0.1, -0.05) is 46.2 Å². The first kappa shape index (κ1) is 26.0. The molecule has 0 saturated carbocycles. The number of carbonyl (C=O) groups excluding carboxylic acids is 2. The van der Waals surface area contributed by atoms with Crippen LogP contribution in [0.25, 0.3) is 0 Å². The van der Waals surface area contributed by atoms with E-state index in [1.54, 1.807) is 39.7 Å². The molecule has 0 spiro atoms. The molecule has 182 valence electrons. The molecule has 3 amide bonds. The van der Waals surface area contributed by atoms with Crippen molar-refractivity contribution >= 4 is 64.2 Å². The molecule has 0 bridgehead atoms. The Morgan fingerprint density at radius 2 is 2.03 bits per heavy atom. The molecule has 10 nitrogen and oxygen atoms in total. The summed E-state index contributed by atoms with van der Waals surface area (Å²) in [6.07, 6.45) is 5.48. The van der Waals surface area contributed by atoms with Gasteiger partial charge in [0.1, 0.15) is 12.9 Å². The molecular formula is C20H22Cl3N7O3S. The lowest BCUT2D eigenvalue weighted by atomic mass is 10.3. The van der Waals surface area contributed by atoms with Crippen molar-refractivity contribution in [3.8, 4) is 5.75 Å². The third-order valence-corrected chi connectivity index (χ3v) is 5.81. The van der Waals surface area contributed by atoms with Crippen LogP contribution in [-0.4, -0.2) is 68.9 Å². The van der Waals surface area contributed by atoms with Crippen molar-refractivity contribution in [3.63, 3.8) is 0 Å². The topological polar surface area (TPSA) is 105 Å². The van der Waals surface area contributed by atoms with E-state index in [1.807, 2.05) is 6.92 Å². The molecule has 14 heteroatoms. The van der Waals surface area contributed by atoms with Crippen molar-refractivity contribution in [1.29, 1.82) is 0 Å². The number of halogens is 3. The zero-order valence-electron chi connectivity index (χ0n) is 18.2. The summed E-state index contributed by atoms with van der Waals surface area (Å²) in [5.41, 5.74) is 0. The summed E-state index contributed by atoms with van der Waals surface area (Å²) >= 11 is 19.2. The Kier molecular flexibility index (Phi) is 9.75. The Hall–Kier alpha value is -2.60. The van der Waals surface area contributed by atoms with Gasteiger partial charge in [-0.25, -0.2) is 14.6 Å². The van der Waals surface area contributed by atoms with Gasteiger partial charge in [-0.05, 0) is 30.1 Å². The SMILES string of the molecule is CCCN(CCOc1c(Cl)cc(Cl)cc1Cl)C(=O)n1ccnc1.O=C1NCCN1c1csnn1. The third kappa shape index (κ3) is 6.95. The van der Waals surface area contributed by atoms with Gasteiger partial charge in [-0.3, -0.25) is 9.47 Å². The predicted molar refractivity (Wildman–Crippen MR) is 133 cm³/mol. The van der Waals surface area contributed by atoms with Crippen molar-refractivity contribution in [3.05, 3.63) is 51.3 Å². The number of amides is 3. The maximum atomic E-state index is 12.3. The fourth-order valence-electron chi connectivity index (χ4n) is 3.00. The molecular weight excluding hydrogens is 525 g/mol. The van der Waals surface area contributed by atoms with E-state index < -0.39 is 0 Å². The van der Waals surface area contributed by atoms with Gasteiger partial charge in [0, 0.05) is 37.1 Å². The van der Waals surface area contributed by atoms with Crippen LogP contribution < -0.4 is 15.0 Å². The number of anilines is 1. The van der Waals surface area contributed by atoms with Crippen LogP contribution in [0.5, 0.6) is 5.75 Å². The quantitative estimate of drug-likeness (QED) is 0.462. The third-order valence-electron chi connectivity index (χ3n) is 4.54. The normalized spacial score (nSPS) is 12.7. The number of rotatable bonds is 7. The maximum absolute atomic E-state index is 12.3. The van der Waals surface area contributed by atoms with Crippen molar-refractivity contribution in [1.82, 2.24) is 29.4 Å². The predicted octanol–water partition coefficient (Wildman–Crippen LogP) is 4.67. The minimum Gasteiger partial charge on any atom is -0.489 e. The summed E-state index contributed by atoms with van der Waals surface area (Å²) in [5.74, 6) is 1.01. The molecule has 4 rings (SSSR count). The average Bonchev–Trinajstić information content (AvgIpc) is 3.57. The van der Waals surface area contributed by atoms with Crippen LogP contribution in [0.4, 0.5) is 15.4 Å². The molecule has 0 unspecified atom stereocenters. The number of urea groups is 1. The van der Waals surface area contributed by atoms with E-state index in [4.69, 9.17) is 39.5 Å². The monoisotopic (exact) mass is 545 g/mol. The van der Waals surface area contributed by atoms with Crippen molar-refractivity contribution in [2.45, 2.75) is 13.3 Å². The number of hydrogen-bond donors (Lipinski definition) is 1. The molecule has 1 saturated heterocycles. The lowest BCUT2D eigenvalue weighted by Gasteiger charge is -2.22. The van der Waals surface area contributed by atoms with Gasteiger partial charge in [0.05, 0.1) is 22.0 Å². The highest BCUT2D eigenvalue weighted by Crippen LogP contribution is 2.35. The fraction of sp³-hybridized carbons (Fsp3) is 0.350. The lowest BCUT2D eigenvalue weighted by Crippen LogP contribution is -2.37. The Bertz CT molecular complexity index is 1060. The van der Waals surface area contributed by atoms with Crippen molar-refractivity contribution < 1.29 is 14.3 Å². The first-order valence-electron chi connectivity index (χ1n) is 10.3. The van der Waals surface area contributed by atoms with Crippen molar-refractivity contribution in [2.24, 2.45) is 0 Å². The van der Waals surface area contributed by atoms with Crippen LogP contribution in [-0.2, 0) is 0 Å². The van der Waals surface area contributed by atoms with E-state index in [0.717, 1.165) is 6.42 Å². The van der Waals surface area contributed by atoms with Crippen LogP contribution in [0.1, 0.15) is 13.3 Å². The highest BCUT2D eigenvalue weighted by molar-refractivity contribution is 7.03. The number of carbonyl (C=O) groups is 2. The van der Waals surface area contributed by atoms with Gasteiger partial charge in [-0.15, -0.1) is 5.10 Å². The zero-order chi connectivity index (χ0) is 24.5. The summed E-state index contributed by atoms with van der Waals surface area (Å²) < 4.78 is 10.7. The minimum atomic E-state index is -0.152. The molecule has 1 N–H and O–H groups in total. The lowest BCUT2D eigenvalue weighted by molar-refractivity contribution is 0.184. The molecule has 2 aromatic heterocycles. The molecule has 1 aromatic carbocycles.